The topological polar surface area (TPSA) is 75.6 Å². The second-order valence-electron chi connectivity index (χ2n) is 3.16. The summed E-state index contributed by atoms with van der Waals surface area (Å²) in [6.07, 6.45) is 0. The van der Waals surface area contributed by atoms with Crippen LogP contribution in [0.25, 0.3) is 0 Å². The van der Waals surface area contributed by atoms with Crippen molar-refractivity contribution in [2.24, 2.45) is 0 Å². The smallest absolute Gasteiger partial charge is 0.215 e. The second kappa shape index (κ2) is 5.18. The Morgan fingerprint density at radius 1 is 1.44 bits per heavy atom. The summed E-state index contributed by atoms with van der Waals surface area (Å²) in [7, 11) is -2.03. The molecule has 0 aliphatic heterocycles. The third-order valence-electron chi connectivity index (χ3n) is 2.02. The van der Waals surface area contributed by atoms with Gasteiger partial charge in [0.05, 0.1) is 12.4 Å². The van der Waals surface area contributed by atoms with Crippen LogP contribution in [0.1, 0.15) is 12.5 Å². The van der Waals surface area contributed by atoms with Crippen molar-refractivity contribution < 1.29 is 18.3 Å². The molecule has 1 aromatic carbocycles. The zero-order valence-corrected chi connectivity index (χ0v) is 10.0. The van der Waals surface area contributed by atoms with Gasteiger partial charge in [-0.25, -0.2) is 13.1 Å². The number of sulfonamides is 1. The van der Waals surface area contributed by atoms with Crippen LogP contribution in [0.2, 0.25) is 0 Å². The van der Waals surface area contributed by atoms with Crippen LogP contribution < -0.4 is 9.46 Å². The van der Waals surface area contributed by atoms with Crippen LogP contribution in [0.5, 0.6) is 11.5 Å². The van der Waals surface area contributed by atoms with E-state index in [0.29, 0.717) is 12.2 Å². The predicted molar refractivity (Wildman–Crippen MR) is 61.0 cm³/mol. The number of para-hydroxylation sites is 1. The maximum atomic E-state index is 11.4. The van der Waals surface area contributed by atoms with E-state index >= 15 is 0 Å². The first-order valence-electron chi connectivity index (χ1n) is 4.85. The molecule has 6 heteroatoms. The van der Waals surface area contributed by atoms with Crippen LogP contribution >= 0.6 is 0 Å². The molecule has 0 aliphatic carbocycles. The van der Waals surface area contributed by atoms with E-state index in [-0.39, 0.29) is 17.3 Å². The molecule has 0 aliphatic rings. The third kappa shape index (κ3) is 3.11. The molecule has 0 spiro atoms. The minimum absolute atomic E-state index is 0.0503. The lowest BCUT2D eigenvalue weighted by Crippen LogP contribution is -2.20. The van der Waals surface area contributed by atoms with Crippen molar-refractivity contribution in [3.05, 3.63) is 23.8 Å². The molecule has 0 saturated heterocycles. The standard InChI is InChI=1S/C10H15NO4S/c1-3-15-10-8(5-4-6-9(10)12)7-16(13,14)11-2/h4-6,11-12H,3,7H2,1-2H3. The van der Waals surface area contributed by atoms with Gasteiger partial charge < -0.3 is 9.84 Å². The van der Waals surface area contributed by atoms with Gasteiger partial charge in [0, 0.05) is 5.56 Å². The van der Waals surface area contributed by atoms with E-state index in [9.17, 15) is 13.5 Å². The molecule has 5 nitrogen and oxygen atoms in total. The summed E-state index contributed by atoms with van der Waals surface area (Å²) in [5.41, 5.74) is 0.441. The summed E-state index contributed by atoms with van der Waals surface area (Å²) in [6.45, 7) is 2.13. The fourth-order valence-electron chi connectivity index (χ4n) is 1.27. The molecule has 0 unspecified atom stereocenters. The molecule has 16 heavy (non-hydrogen) atoms. The van der Waals surface area contributed by atoms with Gasteiger partial charge in [0.2, 0.25) is 10.0 Å². The van der Waals surface area contributed by atoms with E-state index in [1.165, 1.54) is 13.1 Å². The molecule has 0 heterocycles. The van der Waals surface area contributed by atoms with E-state index in [1.54, 1.807) is 19.1 Å². The highest BCUT2D eigenvalue weighted by atomic mass is 32.2. The van der Waals surface area contributed by atoms with Gasteiger partial charge in [0.1, 0.15) is 0 Å². The van der Waals surface area contributed by atoms with E-state index in [2.05, 4.69) is 4.72 Å². The van der Waals surface area contributed by atoms with E-state index < -0.39 is 10.0 Å². The van der Waals surface area contributed by atoms with E-state index in [1.807, 2.05) is 0 Å². The Kier molecular flexibility index (Phi) is 4.14. The van der Waals surface area contributed by atoms with Crippen LogP contribution in [0.15, 0.2) is 18.2 Å². The van der Waals surface area contributed by atoms with Crippen molar-refractivity contribution in [1.82, 2.24) is 4.72 Å². The number of phenols is 1. The minimum Gasteiger partial charge on any atom is -0.504 e. The average molecular weight is 245 g/mol. The first-order chi connectivity index (χ1) is 7.50. The quantitative estimate of drug-likeness (QED) is 0.806. The maximum absolute atomic E-state index is 11.4. The number of aromatic hydroxyl groups is 1. The molecule has 0 fully saturated rings. The Hall–Kier alpha value is -1.27. The maximum Gasteiger partial charge on any atom is 0.215 e. The Morgan fingerprint density at radius 2 is 2.12 bits per heavy atom. The van der Waals surface area contributed by atoms with Gasteiger partial charge in [-0.1, -0.05) is 12.1 Å². The number of ether oxygens (including phenoxy) is 1. The number of hydrogen-bond acceptors (Lipinski definition) is 4. The van der Waals surface area contributed by atoms with Crippen LogP contribution in [0.3, 0.4) is 0 Å². The molecule has 0 saturated carbocycles. The summed E-state index contributed by atoms with van der Waals surface area (Å²) in [5.74, 6) is -0.0396. The molecule has 0 amide bonds. The summed E-state index contributed by atoms with van der Waals surface area (Å²) in [6, 6.07) is 4.65. The third-order valence-corrected chi connectivity index (χ3v) is 3.33. The Morgan fingerprint density at radius 3 is 2.69 bits per heavy atom. The highest BCUT2D eigenvalue weighted by Crippen LogP contribution is 2.30. The Balaban J connectivity index is 3.08. The second-order valence-corrected chi connectivity index (χ2v) is 5.09. The molecule has 2 N–H and O–H groups in total. The largest absolute Gasteiger partial charge is 0.504 e. The van der Waals surface area contributed by atoms with E-state index in [4.69, 9.17) is 4.74 Å². The normalized spacial score (nSPS) is 11.4. The Labute approximate surface area is 95.1 Å². The van der Waals surface area contributed by atoms with Gasteiger partial charge in [0.25, 0.3) is 0 Å². The van der Waals surface area contributed by atoms with Crippen molar-refractivity contribution in [3.8, 4) is 11.5 Å². The molecule has 1 rings (SSSR count). The van der Waals surface area contributed by atoms with Crippen molar-refractivity contribution >= 4 is 10.0 Å². The van der Waals surface area contributed by atoms with Gasteiger partial charge in [-0.15, -0.1) is 0 Å². The summed E-state index contributed by atoms with van der Waals surface area (Å²) >= 11 is 0. The van der Waals surface area contributed by atoms with Crippen molar-refractivity contribution in [3.63, 3.8) is 0 Å². The first-order valence-corrected chi connectivity index (χ1v) is 6.50. The SMILES string of the molecule is CCOc1c(O)cccc1CS(=O)(=O)NC. The van der Waals surface area contributed by atoms with Gasteiger partial charge in [-0.2, -0.15) is 0 Å². The number of phenolic OH excluding ortho intramolecular Hbond substituents is 1. The van der Waals surface area contributed by atoms with Gasteiger partial charge in [-0.05, 0) is 20.0 Å². The van der Waals surface area contributed by atoms with Gasteiger partial charge in [-0.3, -0.25) is 0 Å². The zero-order chi connectivity index (χ0) is 12.2. The molecule has 0 atom stereocenters. The molecule has 0 bridgehead atoms. The number of nitrogens with one attached hydrogen (secondary N) is 1. The minimum atomic E-state index is -3.37. The Bertz CT molecular complexity index is 456. The van der Waals surface area contributed by atoms with Gasteiger partial charge in [0.15, 0.2) is 11.5 Å². The average Bonchev–Trinajstić information content (AvgIpc) is 2.23. The van der Waals surface area contributed by atoms with Crippen molar-refractivity contribution in [2.45, 2.75) is 12.7 Å². The number of benzene rings is 1. The first kappa shape index (κ1) is 12.8. The van der Waals surface area contributed by atoms with Crippen LogP contribution in [-0.4, -0.2) is 27.2 Å². The predicted octanol–water partition coefficient (Wildman–Crippen LogP) is 0.840. The molecule has 90 valence electrons. The van der Waals surface area contributed by atoms with Crippen LogP contribution in [0, 0.1) is 0 Å². The lowest BCUT2D eigenvalue weighted by molar-refractivity contribution is 0.315. The number of hydrogen-bond donors (Lipinski definition) is 2. The van der Waals surface area contributed by atoms with E-state index in [0.717, 1.165) is 0 Å². The molecule has 0 radical (unpaired) electrons. The van der Waals surface area contributed by atoms with Crippen LogP contribution in [-0.2, 0) is 15.8 Å². The van der Waals surface area contributed by atoms with Crippen LogP contribution in [0.4, 0.5) is 0 Å². The summed E-state index contributed by atoms with van der Waals surface area (Å²) < 4.78 is 30.2. The van der Waals surface area contributed by atoms with Crippen molar-refractivity contribution in [2.75, 3.05) is 13.7 Å². The van der Waals surface area contributed by atoms with Gasteiger partial charge >= 0.3 is 0 Å². The fraction of sp³-hybridized carbons (Fsp3) is 0.400. The summed E-state index contributed by atoms with van der Waals surface area (Å²) in [5, 5.41) is 9.55. The highest BCUT2D eigenvalue weighted by Gasteiger charge is 2.15. The number of rotatable bonds is 5. The molecular formula is C10H15NO4S. The summed E-state index contributed by atoms with van der Waals surface area (Å²) in [4.78, 5) is 0. The van der Waals surface area contributed by atoms with Crippen molar-refractivity contribution in [1.29, 1.82) is 0 Å². The lowest BCUT2D eigenvalue weighted by atomic mass is 10.2. The lowest BCUT2D eigenvalue weighted by Gasteiger charge is -2.11. The molecule has 1 aromatic rings. The molecular weight excluding hydrogens is 230 g/mol. The zero-order valence-electron chi connectivity index (χ0n) is 9.23. The fourth-order valence-corrected chi connectivity index (χ4v) is 2.05. The molecule has 0 aromatic heterocycles. The monoisotopic (exact) mass is 245 g/mol. The highest BCUT2D eigenvalue weighted by molar-refractivity contribution is 7.88.